The molecule has 3 aromatic rings. The van der Waals surface area contributed by atoms with Crippen molar-refractivity contribution < 1.29 is 35.8 Å². The maximum absolute atomic E-state index is 14.6. The van der Waals surface area contributed by atoms with Gasteiger partial charge in [-0.1, -0.05) is 44.0 Å². The van der Waals surface area contributed by atoms with Crippen LogP contribution in [-0.4, -0.2) is 6.61 Å². The fraction of sp³-hybridized carbons (Fsp3) is 0.333. The summed E-state index contributed by atoms with van der Waals surface area (Å²) < 4.78 is 90.1. The Hall–Kier alpha value is -3.16. The number of hydrogen-bond acceptors (Lipinski definition) is 2. The van der Waals surface area contributed by atoms with Crippen LogP contribution in [-0.2, 0) is 25.4 Å². The molecule has 0 aliphatic carbocycles. The molecule has 3 rings (SSSR count). The van der Waals surface area contributed by atoms with Crippen LogP contribution in [0.25, 0.3) is 0 Å². The van der Waals surface area contributed by atoms with Crippen LogP contribution in [0.2, 0.25) is 0 Å². The minimum absolute atomic E-state index is 0.0311. The molecule has 0 aromatic heterocycles. The Bertz CT molecular complexity index is 1060. The molecular weight excluding hydrogens is 470 g/mol. The van der Waals surface area contributed by atoms with E-state index in [-0.39, 0.29) is 23.3 Å². The molecule has 0 radical (unpaired) electrons. The number of hydrogen-bond donors (Lipinski definition) is 0. The molecule has 0 saturated carbocycles. The Morgan fingerprint density at radius 2 is 1.29 bits per heavy atom. The highest BCUT2D eigenvalue weighted by Crippen LogP contribution is 2.32. The Kier molecular flexibility index (Phi) is 9.07. The number of alkyl halides is 4. The normalized spacial score (nSPS) is 11.7. The van der Waals surface area contributed by atoms with Gasteiger partial charge in [-0.25, -0.2) is 8.78 Å². The van der Waals surface area contributed by atoms with Crippen LogP contribution in [0.15, 0.2) is 60.7 Å². The lowest BCUT2D eigenvalue weighted by atomic mass is 10.0. The third kappa shape index (κ3) is 7.67. The SMILES string of the molecule is CCCCCc1ccc(C(F)(F)Oc2ccc(CCc3cc(F)c(OC(F)F)c(F)c3)cc2)cc1. The molecule has 0 heterocycles. The average molecular weight is 496 g/mol. The number of aryl methyl sites for hydroxylation is 3. The fourth-order valence-electron chi connectivity index (χ4n) is 3.62. The van der Waals surface area contributed by atoms with E-state index in [1.807, 2.05) is 0 Å². The van der Waals surface area contributed by atoms with Crippen LogP contribution in [0.3, 0.4) is 0 Å². The molecular formula is C27H26F6O2. The van der Waals surface area contributed by atoms with Gasteiger partial charge in [0.1, 0.15) is 5.75 Å². The van der Waals surface area contributed by atoms with E-state index in [1.165, 1.54) is 24.3 Å². The molecule has 0 spiro atoms. The first-order valence-electron chi connectivity index (χ1n) is 11.4. The maximum Gasteiger partial charge on any atom is 0.426 e. The molecule has 188 valence electrons. The zero-order valence-corrected chi connectivity index (χ0v) is 19.2. The Morgan fingerprint density at radius 1 is 0.743 bits per heavy atom. The van der Waals surface area contributed by atoms with Gasteiger partial charge in [0.15, 0.2) is 17.4 Å². The molecule has 2 nitrogen and oxygen atoms in total. The molecule has 0 atom stereocenters. The summed E-state index contributed by atoms with van der Waals surface area (Å²) in [7, 11) is 0. The second kappa shape index (κ2) is 12.0. The van der Waals surface area contributed by atoms with Crippen LogP contribution >= 0.6 is 0 Å². The van der Waals surface area contributed by atoms with E-state index in [2.05, 4.69) is 11.7 Å². The molecule has 3 aromatic carbocycles. The largest absolute Gasteiger partial charge is 0.429 e. The molecule has 0 bridgehead atoms. The first kappa shape index (κ1) is 26.4. The van der Waals surface area contributed by atoms with E-state index in [4.69, 9.17) is 4.74 Å². The maximum atomic E-state index is 14.6. The number of halogens is 6. The van der Waals surface area contributed by atoms with Crippen molar-refractivity contribution >= 4 is 0 Å². The average Bonchev–Trinajstić information content (AvgIpc) is 2.81. The first-order valence-corrected chi connectivity index (χ1v) is 11.4. The number of benzene rings is 3. The lowest BCUT2D eigenvalue weighted by molar-refractivity contribution is -0.185. The lowest BCUT2D eigenvalue weighted by Gasteiger charge is -2.19. The Labute approximate surface area is 200 Å². The van der Waals surface area contributed by atoms with Crippen molar-refractivity contribution in [3.63, 3.8) is 0 Å². The van der Waals surface area contributed by atoms with E-state index in [0.717, 1.165) is 43.4 Å². The molecule has 0 fully saturated rings. The standard InChI is InChI=1S/C27H26F6O2/c1-2-3-4-5-18-8-12-21(13-9-18)27(32,33)35-22-14-10-19(11-15-22)6-7-20-16-23(28)25(24(29)17-20)34-26(30)31/h8-17,26H,2-7H2,1H3. The second-order valence-corrected chi connectivity index (χ2v) is 8.18. The van der Waals surface area contributed by atoms with Gasteiger partial charge in [-0.2, -0.15) is 17.6 Å². The van der Waals surface area contributed by atoms with Crippen LogP contribution in [0.1, 0.15) is 48.4 Å². The minimum Gasteiger partial charge on any atom is -0.429 e. The molecule has 35 heavy (non-hydrogen) atoms. The minimum atomic E-state index is -3.51. The van der Waals surface area contributed by atoms with Gasteiger partial charge in [0.05, 0.1) is 5.56 Å². The van der Waals surface area contributed by atoms with Crippen molar-refractivity contribution in [2.75, 3.05) is 0 Å². The van der Waals surface area contributed by atoms with E-state index in [0.29, 0.717) is 12.0 Å². The number of unbranched alkanes of at least 4 members (excludes halogenated alkanes) is 2. The molecule has 0 aliphatic heterocycles. The van der Waals surface area contributed by atoms with Gasteiger partial charge in [-0.3, -0.25) is 0 Å². The van der Waals surface area contributed by atoms with Crippen molar-refractivity contribution in [1.29, 1.82) is 0 Å². The molecule has 0 N–H and O–H groups in total. The zero-order valence-electron chi connectivity index (χ0n) is 19.2. The van der Waals surface area contributed by atoms with Crippen LogP contribution in [0.5, 0.6) is 11.5 Å². The third-order valence-electron chi connectivity index (χ3n) is 5.50. The van der Waals surface area contributed by atoms with Crippen LogP contribution in [0.4, 0.5) is 26.3 Å². The smallest absolute Gasteiger partial charge is 0.426 e. The summed E-state index contributed by atoms with van der Waals surface area (Å²) in [5, 5.41) is 0. The lowest BCUT2D eigenvalue weighted by Crippen LogP contribution is -2.21. The highest BCUT2D eigenvalue weighted by molar-refractivity contribution is 5.33. The van der Waals surface area contributed by atoms with Gasteiger partial charge in [-0.15, -0.1) is 0 Å². The molecule has 0 unspecified atom stereocenters. The van der Waals surface area contributed by atoms with Gasteiger partial charge in [0, 0.05) is 0 Å². The summed E-state index contributed by atoms with van der Waals surface area (Å²) in [4.78, 5) is 0. The quantitative estimate of drug-likeness (QED) is 0.186. The predicted octanol–water partition coefficient (Wildman–Crippen LogP) is 8.21. The summed E-state index contributed by atoms with van der Waals surface area (Å²) in [6.07, 6.45) is 1.06. The molecule has 8 heteroatoms. The van der Waals surface area contributed by atoms with Gasteiger partial charge in [-0.05, 0) is 78.8 Å². The molecule has 0 aliphatic rings. The Morgan fingerprint density at radius 3 is 1.86 bits per heavy atom. The fourth-order valence-corrected chi connectivity index (χ4v) is 3.62. The summed E-state index contributed by atoms with van der Waals surface area (Å²) >= 11 is 0. The summed E-state index contributed by atoms with van der Waals surface area (Å²) in [5.74, 6) is -3.60. The van der Waals surface area contributed by atoms with Crippen LogP contribution in [0, 0.1) is 11.6 Å². The summed E-state index contributed by atoms with van der Waals surface area (Å²) in [5.41, 5.74) is 1.71. The molecule has 0 saturated heterocycles. The van der Waals surface area contributed by atoms with E-state index in [1.54, 1.807) is 24.3 Å². The Balaban J connectivity index is 1.58. The van der Waals surface area contributed by atoms with E-state index in [9.17, 15) is 26.3 Å². The monoisotopic (exact) mass is 496 g/mol. The van der Waals surface area contributed by atoms with Crippen molar-refractivity contribution in [1.82, 2.24) is 0 Å². The zero-order chi connectivity index (χ0) is 25.4. The van der Waals surface area contributed by atoms with Gasteiger partial charge < -0.3 is 9.47 Å². The highest BCUT2D eigenvalue weighted by atomic mass is 19.3. The van der Waals surface area contributed by atoms with Crippen molar-refractivity contribution in [2.24, 2.45) is 0 Å². The van der Waals surface area contributed by atoms with Crippen molar-refractivity contribution in [3.8, 4) is 11.5 Å². The second-order valence-electron chi connectivity index (χ2n) is 8.18. The van der Waals surface area contributed by atoms with Gasteiger partial charge in [0.2, 0.25) is 0 Å². The predicted molar refractivity (Wildman–Crippen MR) is 121 cm³/mol. The van der Waals surface area contributed by atoms with Crippen LogP contribution < -0.4 is 9.47 Å². The van der Waals surface area contributed by atoms with E-state index < -0.39 is 30.1 Å². The number of rotatable bonds is 12. The topological polar surface area (TPSA) is 18.5 Å². The van der Waals surface area contributed by atoms with Crippen molar-refractivity contribution in [3.05, 3.63) is 94.6 Å². The summed E-state index contributed by atoms with van der Waals surface area (Å²) in [6, 6.07) is 13.9. The highest BCUT2D eigenvalue weighted by Gasteiger charge is 2.34. The first-order chi connectivity index (χ1) is 16.7. The molecule has 0 amide bonds. The van der Waals surface area contributed by atoms with Gasteiger partial charge in [0.25, 0.3) is 0 Å². The van der Waals surface area contributed by atoms with Gasteiger partial charge >= 0.3 is 12.7 Å². The van der Waals surface area contributed by atoms with E-state index >= 15 is 0 Å². The third-order valence-corrected chi connectivity index (χ3v) is 5.50. The van der Waals surface area contributed by atoms with Crippen molar-refractivity contribution in [2.45, 2.75) is 58.2 Å². The summed E-state index contributed by atoms with van der Waals surface area (Å²) in [6.45, 7) is -1.24. The number of ether oxygens (including phenoxy) is 2.